The maximum absolute atomic E-state index is 12.7. The second-order valence-electron chi connectivity index (χ2n) is 9.42. The number of benzene rings is 2. The normalized spacial score (nSPS) is 17.9. The summed E-state index contributed by atoms with van der Waals surface area (Å²) in [7, 11) is 1.63. The molecule has 0 unspecified atom stereocenters. The number of carbonyl (C=O) groups excluding carboxylic acids is 1. The average Bonchev–Trinajstić information content (AvgIpc) is 2.90. The van der Waals surface area contributed by atoms with E-state index in [0.29, 0.717) is 23.5 Å². The summed E-state index contributed by atoms with van der Waals surface area (Å²) in [6, 6.07) is 13.6. The molecule has 0 aromatic heterocycles. The van der Waals surface area contributed by atoms with Crippen molar-refractivity contribution in [1.82, 2.24) is 9.80 Å². The van der Waals surface area contributed by atoms with Crippen LogP contribution >= 0.6 is 11.6 Å². The molecule has 2 heterocycles. The van der Waals surface area contributed by atoms with Gasteiger partial charge in [-0.1, -0.05) is 23.7 Å². The van der Waals surface area contributed by atoms with Crippen molar-refractivity contribution in [2.24, 2.45) is 0 Å². The van der Waals surface area contributed by atoms with Crippen LogP contribution in [0.25, 0.3) is 0 Å². The molecule has 2 fully saturated rings. The van der Waals surface area contributed by atoms with Crippen molar-refractivity contribution < 1.29 is 19.0 Å². The van der Waals surface area contributed by atoms with E-state index in [-0.39, 0.29) is 11.9 Å². The topological polar surface area (TPSA) is 51.2 Å². The molecule has 2 aromatic rings. The quantitative estimate of drug-likeness (QED) is 0.317. The van der Waals surface area contributed by atoms with Crippen molar-refractivity contribution in [3.8, 4) is 11.5 Å². The van der Waals surface area contributed by atoms with Crippen molar-refractivity contribution in [2.75, 3.05) is 53.0 Å². The molecule has 0 aliphatic carbocycles. The SMILES string of the molecule is COc1cc(C(=O)CCCCN2CCOCC2)ccc1OC1CCN(Cc2ccc(Cl)cc2)CC1. The van der Waals surface area contributed by atoms with Crippen LogP contribution in [0.5, 0.6) is 11.5 Å². The van der Waals surface area contributed by atoms with Gasteiger partial charge in [-0.25, -0.2) is 0 Å². The summed E-state index contributed by atoms with van der Waals surface area (Å²) in [5, 5.41) is 0.770. The molecule has 2 aliphatic rings. The first kappa shape index (κ1) is 26.0. The number of nitrogens with zero attached hydrogens (tertiary/aromatic N) is 2. The monoisotopic (exact) mass is 500 g/mol. The first-order valence-corrected chi connectivity index (χ1v) is 13.1. The number of ether oxygens (including phenoxy) is 3. The number of hydrogen-bond acceptors (Lipinski definition) is 6. The van der Waals surface area contributed by atoms with Gasteiger partial charge in [0, 0.05) is 49.7 Å². The molecular weight excluding hydrogens is 464 g/mol. The third-order valence-corrected chi connectivity index (χ3v) is 7.12. The van der Waals surface area contributed by atoms with E-state index in [2.05, 4.69) is 21.9 Å². The molecule has 0 saturated carbocycles. The Hall–Kier alpha value is -2.12. The number of Topliss-reactive ketones (excluding diaryl/α,β-unsaturated/α-hetero) is 1. The number of carbonyl (C=O) groups is 1. The number of ketones is 1. The zero-order valence-corrected chi connectivity index (χ0v) is 21.5. The van der Waals surface area contributed by atoms with Gasteiger partial charge in [-0.15, -0.1) is 0 Å². The van der Waals surface area contributed by atoms with Crippen LogP contribution in [-0.2, 0) is 11.3 Å². The molecule has 0 bridgehead atoms. The van der Waals surface area contributed by atoms with Gasteiger partial charge in [0.05, 0.1) is 20.3 Å². The van der Waals surface area contributed by atoms with E-state index in [1.54, 1.807) is 7.11 Å². The number of halogens is 1. The molecule has 0 amide bonds. The molecule has 35 heavy (non-hydrogen) atoms. The number of likely N-dealkylation sites (tertiary alicyclic amines) is 1. The highest BCUT2D eigenvalue weighted by molar-refractivity contribution is 6.30. The highest BCUT2D eigenvalue weighted by Gasteiger charge is 2.22. The lowest BCUT2D eigenvalue weighted by atomic mass is 10.0. The van der Waals surface area contributed by atoms with Gasteiger partial charge in [-0.2, -0.15) is 0 Å². The predicted octanol–water partition coefficient (Wildman–Crippen LogP) is 5.08. The average molecular weight is 501 g/mol. The number of hydrogen-bond donors (Lipinski definition) is 0. The number of piperidine rings is 1. The third kappa shape index (κ3) is 7.94. The molecule has 4 rings (SSSR count). The van der Waals surface area contributed by atoms with E-state index in [1.165, 1.54) is 5.56 Å². The molecule has 0 radical (unpaired) electrons. The molecule has 7 heteroatoms. The van der Waals surface area contributed by atoms with Gasteiger partial charge >= 0.3 is 0 Å². The minimum absolute atomic E-state index is 0.145. The van der Waals surface area contributed by atoms with E-state index in [1.807, 2.05) is 30.3 Å². The Labute approximate surface area is 214 Å². The first-order chi connectivity index (χ1) is 17.1. The maximum Gasteiger partial charge on any atom is 0.163 e. The lowest BCUT2D eigenvalue weighted by Gasteiger charge is -2.32. The van der Waals surface area contributed by atoms with Gasteiger partial charge in [-0.3, -0.25) is 14.6 Å². The van der Waals surface area contributed by atoms with E-state index < -0.39 is 0 Å². The maximum atomic E-state index is 12.7. The van der Waals surface area contributed by atoms with Crippen LogP contribution in [0.4, 0.5) is 0 Å². The fourth-order valence-corrected chi connectivity index (χ4v) is 4.87. The Kier molecular flexibility index (Phi) is 9.83. The third-order valence-electron chi connectivity index (χ3n) is 6.87. The Balaban J connectivity index is 1.22. The zero-order chi connectivity index (χ0) is 24.5. The van der Waals surface area contributed by atoms with E-state index >= 15 is 0 Å². The van der Waals surface area contributed by atoms with Crippen LogP contribution in [0, 0.1) is 0 Å². The molecule has 0 atom stereocenters. The Morgan fingerprint density at radius 2 is 1.71 bits per heavy atom. The highest BCUT2D eigenvalue weighted by atomic mass is 35.5. The molecule has 0 spiro atoms. The fraction of sp³-hybridized carbons (Fsp3) is 0.536. The van der Waals surface area contributed by atoms with E-state index in [0.717, 1.165) is 83.2 Å². The molecule has 0 N–H and O–H groups in total. The number of morpholine rings is 1. The van der Waals surface area contributed by atoms with Crippen LogP contribution < -0.4 is 9.47 Å². The number of unbranched alkanes of at least 4 members (excludes halogenated alkanes) is 1. The summed E-state index contributed by atoms with van der Waals surface area (Å²) in [5.41, 5.74) is 1.97. The molecular formula is C28H37ClN2O4. The number of rotatable bonds is 11. The van der Waals surface area contributed by atoms with Crippen molar-refractivity contribution in [1.29, 1.82) is 0 Å². The number of methoxy groups -OCH3 is 1. The summed E-state index contributed by atoms with van der Waals surface area (Å²) in [6.45, 7) is 7.54. The smallest absolute Gasteiger partial charge is 0.163 e. The van der Waals surface area contributed by atoms with Crippen molar-refractivity contribution in [2.45, 2.75) is 44.8 Å². The molecule has 2 saturated heterocycles. The van der Waals surface area contributed by atoms with Gasteiger partial charge in [0.15, 0.2) is 17.3 Å². The summed E-state index contributed by atoms with van der Waals surface area (Å²) >= 11 is 5.99. The van der Waals surface area contributed by atoms with Crippen LogP contribution in [0.3, 0.4) is 0 Å². The van der Waals surface area contributed by atoms with Crippen molar-refractivity contribution >= 4 is 17.4 Å². The molecule has 190 valence electrons. The van der Waals surface area contributed by atoms with Gasteiger partial charge in [0.1, 0.15) is 6.10 Å². The lowest BCUT2D eigenvalue weighted by Crippen LogP contribution is -2.37. The minimum Gasteiger partial charge on any atom is -0.493 e. The van der Waals surface area contributed by atoms with Crippen LogP contribution in [0.2, 0.25) is 5.02 Å². The van der Waals surface area contributed by atoms with Crippen molar-refractivity contribution in [3.63, 3.8) is 0 Å². The first-order valence-electron chi connectivity index (χ1n) is 12.8. The van der Waals surface area contributed by atoms with Gasteiger partial charge < -0.3 is 14.2 Å². The minimum atomic E-state index is 0.145. The second-order valence-corrected chi connectivity index (χ2v) is 9.86. The Morgan fingerprint density at radius 3 is 2.43 bits per heavy atom. The summed E-state index contributed by atoms with van der Waals surface area (Å²) in [6.07, 6.45) is 4.54. The van der Waals surface area contributed by atoms with Gasteiger partial charge in [-0.05, 0) is 68.1 Å². The van der Waals surface area contributed by atoms with Crippen LogP contribution in [-0.4, -0.2) is 74.7 Å². The predicted molar refractivity (Wildman–Crippen MR) is 139 cm³/mol. The van der Waals surface area contributed by atoms with Crippen LogP contribution in [0.1, 0.15) is 48.0 Å². The Morgan fingerprint density at radius 1 is 0.971 bits per heavy atom. The standard InChI is InChI=1S/C28H37ClN2O4/c1-33-28-20-23(26(32)4-2-3-13-30-16-18-34-19-17-30)7-10-27(28)35-25-11-14-31(15-12-25)21-22-5-8-24(29)9-6-22/h5-10,20,25H,2-4,11-19,21H2,1H3. The second kappa shape index (κ2) is 13.3. The van der Waals surface area contributed by atoms with Crippen LogP contribution in [0.15, 0.2) is 42.5 Å². The summed E-state index contributed by atoms with van der Waals surface area (Å²) in [4.78, 5) is 17.6. The highest BCUT2D eigenvalue weighted by Crippen LogP contribution is 2.31. The van der Waals surface area contributed by atoms with Gasteiger partial charge in [0.2, 0.25) is 0 Å². The van der Waals surface area contributed by atoms with E-state index in [4.69, 9.17) is 25.8 Å². The fourth-order valence-electron chi connectivity index (χ4n) is 4.74. The molecule has 2 aliphatic heterocycles. The van der Waals surface area contributed by atoms with Crippen molar-refractivity contribution in [3.05, 3.63) is 58.6 Å². The van der Waals surface area contributed by atoms with Gasteiger partial charge in [0.25, 0.3) is 0 Å². The summed E-state index contributed by atoms with van der Waals surface area (Å²) in [5.74, 6) is 1.51. The lowest BCUT2D eigenvalue weighted by molar-refractivity contribution is 0.0371. The molecule has 6 nitrogen and oxygen atoms in total. The molecule has 2 aromatic carbocycles. The zero-order valence-electron chi connectivity index (χ0n) is 20.7. The largest absolute Gasteiger partial charge is 0.493 e. The summed E-state index contributed by atoms with van der Waals surface area (Å²) < 4.78 is 17.3. The van der Waals surface area contributed by atoms with E-state index in [9.17, 15) is 4.79 Å². The Bertz CT molecular complexity index is 938.